The topological polar surface area (TPSA) is 124 Å². The van der Waals surface area contributed by atoms with Crippen LogP contribution in [0.15, 0.2) is 50.4 Å². The third-order valence-electron chi connectivity index (χ3n) is 5.24. The number of ether oxygens (including phenoxy) is 1. The van der Waals surface area contributed by atoms with Gasteiger partial charge in [0.05, 0.1) is 12.2 Å². The number of H-pyrrole nitrogens is 1. The number of nitrogen functional groups attached to an aromatic ring is 1. The highest BCUT2D eigenvalue weighted by molar-refractivity contribution is 5.95. The van der Waals surface area contributed by atoms with Gasteiger partial charge in [0.25, 0.3) is 5.56 Å². The molecular formula is C24H29FN4O5. The number of nitrogens with zero attached hydrogens (tertiary/aromatic N) is 2. The van der Waals surface area contributed by atoms with Crippen LogP contribution in [0.3, 0.4) is 0 Å². The van der Waals surface area contributed by atoms with Crippen molar-refractivity contribution < 1.29 is 18.3 Å². The van der Waals surface area contributed by atoms with Gasteiger partial charge in [-0.1, -0.05) is 26.0 Å². The van der Waals surface area contributed by atoms with E-state index in [4.69, 9.17) is 14.9 Å². The smallest absolute Gasteiger partial charge is 0.330 e. The summed E-state index contributed by atoms with van der Waals surface area (Å²) in [4.78, 5) is 41.5. The number of aryl methyl sites for hydroxylation is 1. The predicted octanol–water partition coefficient (Wildman–Crippen LogP) is 2.79. The van der Waals surface area contributed by atoms with Crippen molar-refractivity contribution in [2.75, 3.05) is 30.9 Å². The molecule has 2 heterocycles. The van der Waals surface area contributed by atoms with Crippen LogP contribution >= 0.6 is 0 Å². The first-order chi connectivity index (χ1) is 16.2. The lowest BCUT2D eigenvalue weighted by atomic mass is 10.1. The van der Waals surface area contributed by atoms with Gasteiger partial charge in [-0.25, -0.2) is 9.18 Å². The first-order valence-electron chi connectivity index (χ1n) is 11.0. The molecule has 0 bridgehead atoms. The number of furan rings is 1. The molecule has 182 valence electrons. The molecule has 0 atom stereocenters. The van der Waals surface area contributed by atoms with Gasteiger partial charge in [-0.15, -0.1) is 0 Å². The molecule has 3 aromatic rings. The van der Waals surface area contributed by atoms with E-state index in [-0.39, 0.29) is 50.0 Å². The number of anilines is 2. The number of aromatic amines is 1. The summed E-state index contributed by atoms with van der Waals surface area (Å²) < 4.78 is 26.1. The van der Waals surface area contributed by atoms with E-state index in [1.54, 1.807) is 30.3 Å². The molecule has 2 aromatic heterocycles. The molecule has 0 spiro atoms. The fraction of sp³-hybridized carbons (Fsp3) is 0.375. The van der Waals surface area contributed by atoms with Gasteiger partial charge in [0, 0.05) is 33.0 Å². The van der Waals surface area contributed by atoms with Crippen LogP contribution in [0, 0.1) is 11.7 Å². The number of nitrogens with one attached hydrogen (secondary N) is 1. The molecule has 10 heteroatoms. The maximum Gasteiger partial charge on any atom is 0.330 e. The Bertz CT molecular complexity index is 1260. The minimum Gasteiger partial charge on any atom is -0.461 e. The summed E-state index contributed by atoms with van der Waals surface area (Å²) >= 11 is 0. The standard InChI is InChI=1S/C24H29FN4O5/c1-15(2)14-29-22(26)21(23(31)27-24(29)32)28(12-13-33-3)20(30)11-9-16-8-10-19(34-16)17-6-4-5-7-18(17)25/h4-8,10,15H,9,11-14,26H2,1-3H3,(H,27,31,32). The number of nitrogens with two attached hydrogens (primary N) is 1. The number of hydrogen-bond acceptors (Lipinski definition) is 6. The van der Waals surface area contributed by atoms with E-state index < -0.39 is 23.0 Å². The largest absolute Gasteiger partial charge is 0.461 e. The van der Waals surface area contributed by atoms with Crippen molar-refractivity contribution in [2.24, 2.45) is 5.92 Å². The van der Waals surface area contributed by atoms with Gasteiger partial charge >= 0.3 is 5.69 Å². The van der Waals surface area contributed by atoms with Gasteiger partial charge in [0.2, 0.25) is 5.91 Å². The summed E-state index contributed by atoms with van der Waals surface area (Å²) in [6.07, 6.45) is 0.219. The Morgan fingerprint density at radius 1 is 1.24 bits per heavy atom. The van der Waals surface area contributed by atoms with Crippen LogP contribution in [0.4, 0.5) is 15.9 Å². The molecule has 1 amide bonds. The fourth-order valence-corrected chi connectivity index (χ4v) is 3.61. The maximum absolute atomic E-state index is 14.0. The Morgan fingerprint density at radius 2 is 1.97 bits per heavy atom. The molecule has 0 aliphatic rings. The van der Waals surface area contributed by atoms with E-state index in [0.717, 1.165) is 0 Å². The number of hydrogen-bond donors (Lipinski definition) is 2. The molecule has 0 fully saturated rings. The maximum atomic E-state index is 14.0. The van der Waals surface area contributed by atoms with Crippen LogP contribution in [-0.4, -0.2) is 35.7 Å². The molecule has 0 saturated heterocycles. The summed E-state index contributed by atoms with van der Waals surface area (Å²) in [7, 11) is 1.48. The molecule has 3 rings (SSSR count). The first-order valence-corrected chi connectivity index (χ1v) is 11.0. The lowest BCUT2D eigenvalue weighted by molar-refractivity contribution is -0.118. The van der Waals surface area contributed by atoms with Gasteiger partial charge in [0.15, 0.2) is 5.69 Å². The highest BCUT2D eigenvalue weighted by Crippen LogP contribution is 2.26. The van der Waals surface area contributed by atoms with Gasteiger partial charge in [-0.3, -0.25) is 19.1 Å². The Labute approximate surface area is 196 Å². The van der Waals surface area contributed by atoms with Crippen LogP contribution in [0.5, 0.6) is 0 Å². The second-order valence-electron chi connectivity index (χ2n) is 8.28. The second kappa shape index (κ2) is 11.0. The van der Waals surface area contributed by atoms with Crippen LogP contribution in [0.2, 0.25) is 0 Å². The summed E-state index contributed by atoms with van der Waals surface area (Å²) in [5.41, 5.74) is 5.05. The van der Waals surface area contributed by atoms with E-state index in [2.05, 4.69) is 4.98 Å². The minimum atomic E-state index is -0.744. The van der Waals surface area contributed by atoms with E-state index in [1.807, 2.05) is 13.8 Å². The van der Waals surface area contributed by atoms with Crippen LogP contribution < -0.4 is 21.9 Å². The summed E-state index contributed by atoms with van der Waals surface area (Å²) in [5, 5.41) is 0. The average molecular weight is 473 g/mol. The summed E-state index contributed by atoms with van der Waals surface area (Å²) in [6.45, 7) is 4.33. The quantitative estimate of drug-likeness (QED) is 0.468. The normalized spacial score (nSPS) is 11.2. The summed E-state index contributed by atoms with van der Waals surface area (Å²) in [6, 6.07) is 9.57. The third kappa shape index (κ3) is 5.63. The number of benzene rings is 1. The molecule has 0 radical (unpaired) electrons. The monoisotopic (exact) mass is 472 g/mol. The van der Waals surface area contributed by atoms with E-state index >= 15 is 0 Å². The van der Waals surface area contributed by atoms with Crippen molar-refractivity contribution in [3.8, 4) is 11.3 Å². The van der Waals surface area contributed by atoms with Crippen molar-refractivity contribution in [2.45, 2.75) is 33.2 Å². The van der Waals surface area contributed by atoms with E-state index in [0.29, 0.717) is 17.1 Å². The Morgan fingerprint density at radius 3 is 2.65 bits per heavy atom. The van der Waals surface area contributed by atoms with Crippen molar-refractivity contribution >= 4 is 17.4 Å². The van der Waals surface area contributed by atoms with E-state index in [9.17, 15) is 18.8 Å². The lowest BCUT2D eigenvalue weighted by Gasteiger charge is -2.24. The Hall–Kier alpha value is -3.66. The molecule has 1 aromatic carbocycles. The number of methoxy groups -OCH3 is 1. The number of rotatable bonds is 10. The zero-order chi connectivity index (χ0) is 24.8. The summed E-state index contributed by atoms with van der Waals surface area (Å²) in [5.74, 6) is 0.0590. The number of carbonyl (C=O) groups is 1. The Balaban J connectivity index is 1.84. The van der Waals surface area contributed by atoms with Crippen molar-refractivity contribution in [1.82, 2.24) is 9.55 Å². The molecule has 3 N–H and O–H groups in total. The van der Waals surface area contributed by atoms with Crippen LogP contribution in [-0.2, 0) is 22.5 Å². The highest BCUT2D eigenvalue weighted by atomic mass is 19.1. The fourth-order valence-electron chi connectivity index (χ4n) is 3.61. The van der Waals surface area contributed by atoms with Gasteiger partial charge in [-0.2, -0.15) is 0 Å². The molecule has 0 aliphatic heterocycles. The predicted molar refractivity (Wildman–Crippen MR) is 127 cm³/mol. The first kappa shape index (κ1) is 25.0. The van der Waals surface area contributed by atoms with Crippen LogP contribution in [0.1, 0.15) is 26.0 Å². The van der Waals surface area contributed by atoms with Gasteiger partial charge in [-0.05, 0) is 30.2 Å². The zero-order valence-corrected chi connectivity index (χ0v) is 19.5. The van der Waals surface area contributed by atoms with E-state index in [1.165, 1.54) is 22.6 Å². The number of halogens is 1. The number of amides is 1. The van der Waals surface area contributed by atoms with Crippen molar-refractivity contribution in [1.29, 1.82) is 0 Å². The highest BCUT2D eigenvalue weighted by Gasteiger charge is 2.24. The average Bonchev–Trinajstić information content (AvgIpc) is 3.26. The van der Waals surface area contributed by atoms with Crippen LogP contribution in [0.25, 0.3) is 11.3 Å². The molecule has 0 unspecified atom stereocenters. The molecule has 9 nitrogen and oxygen atoms in total. The Kier molecular flexibility index (Phi) is 8.06. The minimum absolute atomic E-state index is 0.00384. The molecular weight excluding hydrogens is 443 g/mol. The lowest BCUT2D eigenvalue weighted by Crippen LogP contribution is -2.43. The van der Waals surface area contributed by atoms with Gasteiger partial charge in [0.1, 0.15) is 23.2 Å². The molecule has 0 saturated carbocycles. The van der Waals surface area contributed by atoms with Crippen molar-refractivity contribution in [3.63, 3.8) is 0 Å². The third-order valence-corrected chi connectivity index (χ3v) is 5.24. The molecule has 34 heavy (non-hydrogen) atoms. The number of aromatic nitrogens is 2. The number of carbonyl (C=O) groups excluding carboxylic acids is 1. The van der Waals surface area contributed by atoms with Gasteiger partial charge < -0.3 is 19.8 Å². The zero-order valence-electron chi connectivity index (χ0n) is 19.5. The molecule has 0 aliphatic carbocycles. The second-order valence-corrected chi connectivity index (χ2v) is 8.28. The SMILES string of the molecule is COCCN(C(=O)CCc1ccc(-c2ccccc2F)o1)c1c(N)n(CC(C)C)c(=O)[nH]c1=O. The van der Waals surface area contributed by atoms with Crippen molar-refractivity contribution in [3.05, 3.63) is 68.8 Å².